The molecule has 0 fully saturated rings. The second-order valence-electron chi connectivity index (χ2n) is 6.51. The maximum atomic E-state index is 11.7. The molecule has 7 nitrogen and oxygen atoms in total. The van der Waals surface area contributed by atoms with E-state index in [1.807, 2.05) is 12.1 Å². The zero-order valence-electron chi connectivity index (χ0n) is 14.5. The molecule has 1 amide bonds. The van der Waals surface area contributed by atoms with Gasteiger partial charge in [-0.05, 0) is 62.1 Å². The predicted molar refractivity (Wildman–Crippen MR) is 94.3 cm³/mol. The molecular formula is C18H21N3O4. The number of carbonyl (C=O) groups excluding carboxylic acids is 1. The fourth-order valence-corrected chi connectivity index (χ4v) is 2.33. The molecule has 2 aromatic rings. The quantitative estimate of drug-likeness (QED) is 0.659. The highest BCUT2D eigenvalue weighted by Crippen LogP contribution is 2.27. The molecule has 0 bridgehead atoms. The van der Waals surface area contributed by atoms with Gasteiger partial charge in [0.05, 0.1) is 4.92 Å². The van der Waals surface area contributed by atoms with E-state index in [9.17, 15) is 14.9 Å². The van der Waals surface area contributed by atoms with Gasteiger partial charge >= 0.3 is 6.09 Å². The molecular weight excluding hydrogens is 322 g/mol. The fourth-order valence-electron chi connectivity index (χ4n) is 2.33. The van der Waals surface area contributed by atoms with Gasteiger partial charge in [0.25, 0.3) is 5.69 Å². The first-order valence-electron chi connectivity index (χ1n) is 7.91. The highest BCUT2D eigenvalue weighted by atomic mass is 16.6. The van der Waals surface area contributed by atoms with Crippen LogP contribution >= 0.6 is 0 Å². The molecule has 1 aromatic heterocycles. The van der Waals surface area contributed by atoms with Crippen molar-refractivity contribution in [1.29, 1.82) is 0 Å². The fraction of sp³-hybridized carbons (Fsp3) is 0.333. The van der Waals surface area contributed by atoms with Gasteiger partial charge in [0, 0.05) is 31.1 Å². The molecule has 7 heteroatoms. The summed E-state index contributed by atoms with van der Waals surface area (Å²) in [5, 5.41) is 13.7. The van der Waals surface area contributed by atoms with Gasteiger partial charge in [0.15, 0.2) is 0 Å². The van der Waals surface area contributed by atoms with Crippen molar-refractivity contribution in [3.8, 4) is 11.1 Å². The van der Waals surface area contributed by atoms with E-state index in [2.05, 4.69) is 10.3 Å². The third-order valence-corrected chi connectivity index (χ3v) is 3.35. The molecule has 0 radical (unpaired) electrons. The second kappa shape index (κ2) is 7.74. The standard InChI is InChI=1S/C18H21N3O4/c1-18(2,3)25-17(22)20-11-8-14-12-15(21(23)24)4-5-16(14)13-6-9-19-10-7-13/h4-7,9-10,12H,8,11H2,1-3H3,(H,20,22). The first kappa shape index (κ1) is 18.4. The summed E-state index contributed by atoms with van der Waals surface area (Å²) < 4.78 is 5.19. The van der Waals surface area contributed by atoms with E-state index in [0.29, 0.717) is 13.0 Å². The van der Waals surface area contributed by atoms with Crippen LogP contribution in [0.25, 0.3) is 11.1 Å². The number of ether oxygens (including phenoxy) is 1. The van der Waals surface area contributed by atoms with Gasteiger partial charge in [-0.3, -0.25) is 15.1 Å². The summed E-state index contributed by atoms with van der Waals surface area (Å²) >= 11 is 0. The maximum absolute atomic E-state index is 11.7. The number of aromatic nitrogens is 1. The van der Waals surface area contributed by atoms with E-state index in [-0.39, 0.29) is 5.69 Å². The number of rotatable bonds is 5. The summed E-state index contributed by atoms with van der Waals surface area (Å²) in [7, 11) is 0. The molecule has 2 rings (SSSR count). The number of nitro benzene ring substituents is 1. The molecule has 1 aromatic carbocycles. The van der Waals surface area contributed by atoms with Gasteiger partial charge in [-0.1, -0.05) is 0 Å². The van der Waals surface area contributed by atoms with Gasteiger partial charge in [-0.15, -0.1) is 0 Å². The Balaban J connectivity index is 2.16. The molecule has 25 heavy (non-hydrogen) atoms. The topological polar surface area (TPSA) is 94.4 Å². The lowest BCUT2D eigenvalue weighted by Gasteiger charge is -2.19. The molecule has 1 N–H and O–H groups in total. The summed E-state index contributed by atoms with van der Waals surface area (Å²) in [5.41, 5.74) is 2.01. The first-order chi connectivity index (χ1) is 11.8. The lowest BCUT2D eigenvalue weighted by Crippen LogP contribution is -2.33. The average molecular weight is 343 g/mol. The normalized spacial score (nSPS) is 11.0. The van der Waals surface area contributed by atoms with Crippen LogP contribution < -0.4 is 5.32 Å². The van der Waals surface area contributed by atoms with Crippen molar-refractivity contribution in [1.82, 2.24) is 10.3 Å². The summed E-state index contributed by atoms with van der Waals surface area (Å²) in [4.78, 5) is 26.3. The Morgan fingerprint density at radius 3 is 2.52 bits per heavy atom. The molecule has 0 saturated carbocycles. The maximum Gasteiger partial charge on any atom is 0.407 e. The third-order valence-electron chi connectivity index (χ3n) is 3.35. The highest BCUT2D eigenvalue weighted by Gasteiger charge is 2.16. The number of pyridine rings is 1. The van der Waals surface area contributed by atoms with Crippen molar-refractivity contribution in [2.45, 2.75) is 32.8 Å². The summed E-state index contributed by atoms with van der Waals surface area (Å²) in [6.07, 6.45) is 3.26. The Bertz CT molecular complexity index is 755. The van der Waals surface area contributed by atoms with E-state index < -0.39 is 16.6 Å². The van der Waals surface area contributed by atoms with Crippen LogP contribution in [0.2, 0.25) is 0 Å². The molecule has 0 unspecified atom stereocenters. The van der Waals surface area contributed by atoms with E-state index in [1.165, 1.54) is 12.1 Å². The molecule has 0 atom stereocenters. The molecule has 0 aliphatic rings. The minimum Gasteiger partial charge on any atom is -0.444 e. The van der Waals surface area contributed by atoms with Gasteiger partial charge in [-0.2, -0.15) is 0 Å². The number of non-ortho nitro benzene ring substituents is 1. The van der Waals surface area contributed by atoms with Crippen LogP contribution in [0.5, 0.6) is 0 Å². The van der Waals surface area contributed by atoms with E-state index >= 15 is 0 Å². The number of benzene rings is 1. The average Bonchev–Trinajstić information content (AvgIpc) is 2.54. The lowest BCUT2D eigenvalue weighted by atomic mass is 9.98. The number of hydrogen-bond acceptors (Lipinski definition) is 5. The number of nitrogens with zero attached hydrogens (tertiary/aromatic N) is 2. The van der Waals surface area contributed by atoms with E-state index in [1.54, 1.807) is 39.2 Å². The Morgan fingerprint density at radius 2 is 1.92 bits per heavy atom. The molecule has 0 aliphatic heterocycles. The number of alkyl carbamates (subject to hydrolysis) is 1. The largest absolute Gasteiger partial charge is 0.444 e. The Kier molecular flexibility index (Phi) is 5.69. The second-order valence-corrected chi connectivity index (χ2v) is 6.51. The van der Waals surface area contributed by atoms with Crippen molar-refractivity contribution >= 4 is 11.8 Å². The number of nitro groups is 1. The van der Waals surface area contributed by atoms with E-state index in [0.717, 1.165) is 16.7 Å². The summed E-state index contributed by atoms with van der Waals surface area (Å²) in [5.74, 6) is 0. The van der Waals surface area contributed by atoms with Crippen LogP contribution in [0.4, 0.5) is 10.5 Å². The third kappa shape index (κ3) is 5.56. The van der Waals surface area contributed by atoms with Crippen molar-refractivity contribution in [3.63, 3.8) is 0 Å². The minimum absolute atomic E-state index is 0.0186. The van der Waals surface area contributed by atoms with Gasteiger partial charge in [-0.25, -0.2) is 4.79 Å². The number of carbonyl (C=O) groups is 1. The van der Waals surface area contributed by atoms with Crippen LogP contribution in [0.15, 0.2) is 42.7 Å². The zero-order chi connectivity index (χ0) is 18.4. The molecule has 132 valence electrons. The highest BCUT2D eigenvalue weighted by molar-refractivity contribution is 5.70. The minimum atomic E-state index is -0.572. The first-order valence-corrected chi connectivity index (χ1v) is 7.91. The Morgan fingerprint density at radius 1 is 1.24 bits per heavy atom. The van der Waals surface area contributed by atoms with Crippen LogP contribution in [-0.2, 0) is 11.2 Å². The van der Waals surface area contributed by atoms with Crippen molar-refractivity contribution in [2.24, 2.45) is 0 Å². The molecule has 0 aliphatic carbocycles. The monoisotopic (exact) mass is 343 g/mol. The van der Waals surface area contributed by atoms with Crippen LogP contribution in [-0.4, -0.2) is 28.1 Å². The molecule has 1 heterocycles. The Labute approximate surface area is 146 Å². The van der Waals surface area contributed by atoms with Crippen molar-refractivity contribution in [2.75, 3.05) is 6.54 Å². The lowest BCUT2D eigenvalue weighted by molar-refractivity contribution is -0.384. The van der Waals surface area contributed by atoms with Gasteiger partial charge < -0.3 is 10.1 Å². The summed E-state index contributed by atoms with van der Waals surface area (Å²) in [6, 6.07) is 8.40. The zero-order valence-corrected chi connectivity index (χ0v) is 14.5. The van der Waals surface area contributed by atoms with E-state index in [4.69, 9.17) is 4.74 Å². The van der Waals surface area contributed by atoms with Crippen LogP contribution in [0.1, 0.15) is 26.3 Å². The predicted octanol–water partition coefficient (Wildman–Crippen LogP) is 3.72. The van der Waals surface area contributed by atoms with Crippen LogP contribution in [0, 0.1) is 10.1 Å². The van der Waals surface area contributed by atoms with Gasteiger partial charge in [0.1, 0.15) is 5.60 Å². The van der Waals surface area contributed by atoms with Crippen LogP contribution in [0.3, 0.4) is 0 Å². The molecule has 0 spiro atoms. The SMILES string of the molecule is CC(C)(C)OC(=O)NCCc1cc([N+](=O)[O-])ccc1-c1ccncc1. The summed E-state index contributed by atoms with van der Waals surface area (Å²) in [6.45, 7) is 5.67. The molecule has 0 saturated heterocycles. The smallest absolute Gasteiger partial charge is 0.407 e. The number of nitrogens with one attached hydrogen (secondary N) is 1. The van der Waals surface area contributed by atoms with Crippen molar-refractivity contribution in [3.05, 3.63) is 58.4 Å². The Hall–Kier alpha value is -2.96. The van der Waals surface area contributed by atoms with Gasteiger partial charge in [0.2, 0.25) is 0 Å². The number of hydrogen-bond donors (Lipinski definition) is 1. The van der Waals surface area contributed by atoms with Crippen molar-refractivity contribution < 1.29 is 14.5 Å². The number of amides is 1.